The zero-order chi connectivity index (χ0) is 12.3. The lowest BCUT2D eigenvalue weighted by Gasteiger charge is -2.13. The van der Waals surface area contributed by atoms with Crippen LogP contribution in [0.3, 0.4) is 0 Å². The fourth-order valence-electron chi connectivity index (χ4n) is 2.70. The van der Waals surface area contributed by atoms with Gasteiger partial charge in [0.1, 0.15) is 5.78 Å². The molecule has 1 heterocycles. The summed E-state index contributed by atoms with van der Waals surface area (Å²) < 4.78 is 0. The topological polar surface area (TPSA) is 30.0 Å². The SMILES string of the molecule is CCc1ccc(CC(=O)C2CCCC2C)nc1. The van der Waals surface area contributed by atoms with Gasteiger partial charge in [0.15, 0.2) is 0 Å². The first kappa shape index (κ1) is 12.3. The summed E-state index contributed by atoms with van der Waals surface area (Å²) in [5, 5.41) is 0. The second-order valence-electron chi connectivity index (χ2n) is 5.17. The molecule has 0 aliphatic heterocycles. The Labute approximate surface area is 103 Å². The number of carbonyl (C=O) groups excluding carboxylic acids is 1. The van der Waals surface area contributed by atoms with Gasteiger partial charge in [-0.25, -0.2) is 0 Å². The molecule has 0 amide bonds. The number of aryl methyl sites for hydroxylation is 1. The molecule has 2 heteroatoms. The smallest absolute Gasteiger partial charge is 0.142 e. The van der Waals surface area contributed by atoms with E-state index in [4.69, 9.17) is 0 Å². The van der Waals surface area contributed by atoms with Crippen molar-refractivity contribution >= 4 is 5.78 Å². The molecule has 0 N–H and O–H groups in total. The Kier molecular flexibility index (Phi) is 3.93. The summed E-state index contributed by atoms with van der Waals surface area (Å²) in [7, 11) is 0. The molecule has 0 bridgehead atoms. The molecule has 1 fully saturated rings. The van der Waals surface area contributed by atoms with Gasteiger partial charge in [-0.15, -0.1) is 0 Å². The molecule has 17 heavy (non-hydrogen) atoms. The summed E-state index contributed by atoms with van der Waals surface area (Å²) in [6.07, 6.45) is 6.89. The average Bonchev–Trinajstić information content (AvgIpc) is 2.76. The third-order valence-corrected chi connectivity index (χ3v) is 3.92. The Morgan fingerprint density at radius 3 is 2.76 bits per heavy atom. The van der Waals surface area contributed by atoms with Gasteiger partial charge in [0, 0.05) is 24.2 Å². The molecule has 1 aliphatic rings. The predicted octanol–water partition coefficient (Wildman–Crippen LogP) is 3.19. The Morgan fingerprint density at radius 2 is 2.24 bits per heavy atom. The summed E-state index contributed by atoms with van der Waals surface area (Å²) >= 11 is 0. The minimum atomic E-state index is 0.280. The van der Waals surface area contributed by atoms with Crippen LogP contribution in [0.5, 0.6) is 0 Å². The van der Waals surface area contributed by atoms with Crippen LogP contribution in [0.15, 0.2) is 18.3 Å². The van der Waals surface area contributed by atoms with Crippen LogP contribution < -0.4 is 0 Å². The summed E-state index contributed by atoms with van der Waals surface area (Å²) in [5.41, 5.74) is 2.15. The van der Waals surface area contributed by atoms with Crippen LogP contribution in [0.25, 0.3) is 0 Å². The number of hydrogen-bond donors (Lipinski definition) is 0. The van der Waals surface area contributed by atoms with Gasteiger partial charge in [0.25, 0.3) is 0 Å². The Hall–Kier alpha value is -1.18. The fraction of sp³-hybridized carbons (Fsp3) is 0.600. The zero-order valence-corrected chi connectivity index (χ0v) is 10.8. The first-order chi connectivity index (χ1) is 8.20. The van der Waals surface area contributed by atoms with Gasteiger partial charge in [0.2, 0.25) is 0 Å². The number of rotatable bonds is 4. The first-order valence-electron chi connectivity index (χ1n) is 6.67. The van der Waals surface area contributed by atoms with E-state index in [0.29, 0.717) is 18.1 Å². The predicted molar refractivity (Wildman–Crippen MR) is 68.8 cm³/mol. The largest absolute Gasteiger partial charge is 0.299 e. The molecule has 1 aromatic heterocycles. The van der Waals surface area contributed by atoms with Crippen LogP contribution in [-0.4, -0.2) is 10.8 Å². The highest BCUT2D eigenvalue weighted by Gasteiger charge is 2.29. The van der Waals surface area contributed by atoms with Crippen LogP contribution in [-0.2, 0) is 17.6 Å². The van der Waals surface area contributed by atoms with Crippen LogP contribution in [0, 0.1) is 11.8 Å². The highest BCUT2D eigenvalue weighted by atomic mass is 16.1. The maximum atomic E-state index is 12.1. The number of aromatic nitrogens is 1. The zero-order valence-electron chi connectivity index (χ0n) is 10.8. The lowest BCUT2D eigenvalue weighted by atomic mass is 9.91. The molecule has 2 rings (SSSR count). The normalized spacial score (nSPS) is 23.9. The highest BCUT2D eigenvalue weighted by molar-refractivity contribution is 5.83. The highest BCUT2D eigenvalue weighted by Crippen LogP contribution is 2.32. The second-order valence-corrected chi connectivity index (χ2v) is 5.17. The van der Waals surface area contributed by atoms with Crippen molar-refractivity contribution in [3.63, 3.8) is 0 Å². The Bertz CT molecular complexity index is 382. The van der Waals surface area contributed by atoms with Crippen molar-refractivity contribution < 1.29 is 4.79 Å². The van der Waals surface area contributed by atoms with Crippen molar-refractivity contribution in [2.75, 3.05) is 0 Å². The van der Waals surface area contributed by atoms with Crippen molar-refractivity contribution in [3.05, 3.63) is 29.6 Å². The molecular weight excluding hydrogens is 210 g/mol. The molecule has 0 radical (unpaired) electrons. The molecule has 0 spiro atoms. The minimum absolute atomic E-state index is 0.280. The molecule has 1 aliphatic carbocycles. The van der Waals surface area contributed by atoms with E-state index in [2.05, 4.69) is 24.9 Å². The van der Waals surface area contributed by atoms with E-state index in [0.717, 1.165) is 18.5 Å². The van der Waals surface area contributed by atoms with Gasteiger partial charge >= 0.3 is 0 Å². The van der Waals surface area contributed by atoms with E-state index in [1.165, 1.54) is 18.4 Å². The molecule has 1 aromatic rings. The monoisotopic (exact) mass is 231 g/mol. The van der Waals surface area contributed by atoms with E-state index in [9.17, 15) is 4.79 Å². The third-order valence-electron chi connectivity index (χ3n) is 3.92. The number of pyridine rings is 1. The molecule has 2 nitrogen and oxygen atoms in total. The summed E-state index contributed by atoms with van der Waals surface area (Å²) in [6.45, 7) is 4.31. The van der Waals surface area contributed by atoms with Gasteiger partial charge in [0.05, 0.1) is 0 Å². The standard InChI is InChI=1S/C15H21NO/c1-3-12-7-8-13(16-10-12)9-15(17)14-6-4-5-11(14)2/h7-8,10-11,14H,3-6,9H2,1-2H3. The van der Waals surface area contributed by atoms with Crippen molar-refractivity contribution in [3.8, 4) is 0 Å². The molecule has 2 unspecified atom stereocenters. The van der Waals surface area contributed by atoms with Crippen LogP contribution in [0.1, 0.15) is 44.4 Å². The molecule has 2 atom stereocenters. The van der Waals surface area contributed by atoms with Gasteiger partial charge in [-0.05, 0) is 36.8 Å². The van der Waals surface area contributed by atoms with Gasteiger partial charge in [-0.3, -0.25) is 9.78 Å². The maximum Gasteiger partial charge on any atom is 0.142 e. The number of hydrogen-bond acceptors (Lipinski definition) is 2. The lowest BCUT2D eigenvalue weighted by Crippen LogP contribution is -2.19. The molecule has 1 saturated carbocycles. The molecular formula is C15H21NO. The third kappa shape index (κ3) is 2.93. The second kappa shape index (κ2) is 5.44. The van der Waals surface area contributed by atoms with Crippen LogP contribution in [0.2, 0.25) is 0 Å². The fourth-order valence-corrected chi connectivity index (χ4v) is 2.70. The maximum absolute atomic E-state index is 12.1. The van der Waals surface area contributed by atoms with E-state index >= 15 is 0 Å². The Morgan fingerprint density at radius 1 is 1.41 bits per heavy atom. The average molecular weight is 231 g/mol. The summed E-state index contributed by atoms with van der Waals surface area (Å²) in [4.78, 5) is 16.5. The van der Waals surface area contributed by atoms with E-state index < -0.39 is 0 Å². The molecule has 92 valence electrons. The minimum Gasteiger partial charge on any atom is -0.299 e. The van der Waals surface area contributed by atoms with Crippen molar-refractivity contribution in [2.24, 2.45) is 11.8 Å². The van der Waals surface area contributed by atoms with Crippen LogP contribution >= 0.6 is 0 Å². The number of nitrogens with zero attached hydrogens (tertiary/aromatic N) is 1. The van der Waals surface area contributed by atoms with Crippen molar-refractivity contribution in [2.45, 2.75) is 46.0 Å². The van der Waals surface area contributed by atoms with E-state index in [1.54, 1.807) is 0 Å². The van der Waals surface area contributed by atoms with Crippen LogP contribution in [0.4, 0.5) is 0 Å². The summed E-state index contributed by atoms with van der Waals surface area (Å²) in [6, 6.07) is 4.07. The number of Topliss-reactive ketones (excluding diaryl/α,β-unsaturated/α-hetero) is 1. The number of ketones is 1. The summed E-state index contributed by atoms with van der Waals surface area (Å²) in [5.74, 6) is 1.23. The van der Waals surface area contributed by atoms with Gasteiger partial charge in [-0.1, -0.05) is 26.3 Å². The number of carbonyl (C=O) groups is 1. The van der Waals surface area contributed by atoms with Crippen molar-refractivity contribution in [1.82, 2.24) is 4.98 Å². The van der Waals surface area contributed by atoms with E-state index in [-0.39, 0.29) is 5.92 Å². The first-order valence-corrected chi connectivity index (χ1v) is 6.67. The van der Waals surface area contributed by atoms with Gasteiger partial charge in [-0.2, -0.15) is 0 Å². The van der Waals surface area contributed by atoms with Gasteiger partial charge < -0.3 is 0 Å². The lowest BCUT2D eigenvalue weighted by molar-refractivity contribution is -0.123. The Balaban J connectivity index is 1.97. The molecule has 0 aromatic carbocycles. The van der Waals surface area contributed by atoms with Crippen molar-refractivity contribution in [1.29, 1.82) is 0 Å². The van der Waals surface area contributed by atoms with E-state index in [1.807, 2.05) is 12.3 Å². The molecule has 0 saturated heterocycles. The quantitative estimate of drug-likeness (QED) is 0.796.